The molecule has 3 rings (SSSR count). The lowest BCUT2D eigenvalue weighted by atomic mass is 10.1. The van der Waals surface area contributed by atoms with E-state index < -0.39 is 0 Å². The minimum absolute atomic E-state index is 0.181. The second kappa shape index (κ2) is 9.29. The van der Waals surface area contributed by atoms with Crippen LogP contribution in [0.5, 0.6) is 11.5 Å². The zero-order valence-electron chi connectivity index (χ0n) is 15.8. The van der Waals surface area contributed by atoms with E-state index >= 15 is 0 Å². The van der Waals surface area contributed by atoms with E-state index in [2.05, 4.69) is 5.32 Å². The molecule has 4 nitrogen and oxygen atoms in total. The summed E-state index contributed by atoms with van der Waals surface area (Å²) in [5, 5.41) is 3.48. The number of hydrogen-bond donors (Lipinski definition) is 1. The fourth-order valence-electron chi connectivity index (χ4n) is 2.79. The fourth-order valence-corrected chi connectivity index (χ4v) is 2.96. The molecule has 0 heterocycles. The molecule has 0 aromatic heterocycles. The van der Waals surface area contributed by atoms with Gasteiger partial charge < -0.3 is 14.8 Å². The molecular formula is C23H22ClNO3. The molecule has 1 N–H and O–H groups in total. The van der Waals surface area contributed by atoms with E-state index in [0.29, 0.717) is 22.9 Å². The minimum atomic E-state index is -0.242. The van der Waals surface area contributed by atoms with Crippen molar-refractivity contribution in [3.63, 3.8) is 0 Å². The molecule has 0 saturated carbocycles. The van der Waals surface area contributed by atoms with Gasteiger partial charge in [-0.1, -0.05) is 54.1 Å². The zero-order chi connectivity index (χ0) is 19.9. The lowest BCUT2D eigenvalue weighted by Gasteiger charge is -2.17. The van der Waals surface area contributed by atoms with Gasteiger partial charge in [0, 0.05) is 5.02 Å². The van der Waals surface area contributed by atoms with E-state index in [1.54, 1.807) is 25.3 Å². The molecular weight excluding hydrogens is 374 g/mol. The van der Waals surface area contributed by atoms with Gasteiger partial charge in [-0.25, -0.2) is 0 Å². The summed E-state index contributed by atoms with van der Waals surface area (Å²) < 4.78 is 11.1. The highest BCUT2D eigenvalue weighted by Crippen LogP contribution is 2.25. The minimum Gasteiger partial charge on any atom is -0.497 e. The topological polar surface area (TPSA) is 47.6 Å². The molecule has 0 bridgehead atoms. The van der Waals surface area contributed by atoms with Gasteiger partial charge in [0.1, 0.15) is 18.1 Å². The predicted molar refractivity (Wildman–Crippen MR) is 111 cm³/mol. The van der Waals surface area contributed by atoms with E-state index in [9.17, 15) is 4.79 Å². The van der Waals surface area contributed by atoms with Gasteiger partial charge in [-0.3, -0.25) is 4.79 Å². The average Bonchev–Trinajstić information content (AvgIpc) is 2.73. The van der Waals surface area contributed by atoms with E-state index in [4.69, 9.17) is 21.1 Å². The Hall–Kier alpha value is -2.98. The van der Waals surface area contributed by atoms with Crippen molar-refractivity contribution in [3.8, 4) is 11.5 Å². The summed E-state index contributed by atoms with van der Waals surface area (Å²) in [5.74, 6) is 1.02. The van der Waals surface area contributed by atoms with Crippen LogP contribution in [-0.2, 0) is 6.61 Å². The van der Waals surface area contributed by atoms with Crippen LogP contribution >= 0.6 is 11.6 Å². The maximum absolute atomic E-state index is 12.9. The van der Waals surface area contributed by atoms with Crippen molar-refractivity contribution < 1.29 is 14.3 Å². The Balaban J connectivity index is 1.73. The summed E-state index contributed by atoms with van der Waals surface area (Å²) in [5.41, 5.74) is 2.40. The van der Waals surface area contributed by atoms with Crippen molar-refractivity contribution in [2.75, 3.05) is 7.11 Å². The molecule has 1 atom stereocenters. The first-order valence-corrected chi connectivity index (χ1v) is 9.35. The van der Waals surface area contributed by atoms with Gasteiger partial charge in [-0.05, 0) is 48.4 Å². The van der Waals surface area contributed by atoms with E-state index in [-0.39, 0.29) is 11.9 Å². The van der Waals surface area contributed by atoms with Crippen molar-refractivity contribution >= 4 is 17.5 Å². The van der Waals surface area contributed by atoms with Crippen LogP contribution in [0.1, 0.15) is 34.5 Å². The summed E-state index contributed by atoms with van der Waals surface area (Å²) in [6, 6.07) is 22.3. The van der Waals surface area contributed by atoms with Crippen LogP contribution in [0.25, 0.3) is 0 Å². The molecule has 3 aromatic rings. The van der Waals surface area contributed by atoms with Crippen molar-refractivity contribution in [1.29, 1.82) is 0 Å². The number of benzene rings is 3. The summed E-state index contributed by atoms with van der Waals surface area (Å²) in [6.45, 7) is 2.30. The number of ether oxygens (including phenoxy) is 2. The molecule has 1 amide bonds. The molecule has 5 heteroatoms. The molecule has 3 aromatic carbocycles. The Kier molecular flexibility index (Phi) is 6.56. The molecule has 0 spiro atoms. The highest BCUT2D eigenvalue weighted by atomic mass is 35.5. The molecule has 0 aliphatic carbocycles. The molecule has 0 radical (unpaired) electrons. The highest BCUT2D eigenvalue weighted by Gasteiger charge is 2.17. The molecule has 0 fully saturated rings. The van der Waals surface area contributed by atoms with Crippen molar-refractivity contribution in [1.82, 2.24) is 5.32 Å². The number of carbonyl (C=O) groups is 1. The fraction of sp³-hybridized carbons (Fsp3) is 0.174. The number of rotatable bonds is 7. The van der Waals surface area contributed by atoms with Crippen LogP contribution in [0, 0.1) is 0 Å². The first kappa shape index (κ1) is 19.8. The van der Waals surface area contributed by atoms with Crippen LogP contribution in [0.2, 0.25) is 5.02 Å². The summed E-state index contributed by atoms with van der Waals surface area (Å²) in [4.78, 5) is 12.9. The van der Waals surface area contributed by atoms with Crippen LogP contribution in [0.3, 0.4) is 0 Å². The van der Waals surface area contributed by atoms with Gasteiger partial charge in [0.2, 0.25) is 0 Å². The van der Waals surface area contributed by atoms with E-state index in [1.165, 1.54) is 0 Å². The summed E-state index contributed by atoms with van der Waals surface area (Å²) >= 11 is 6.12. The Morgan fingerprint density at radius 1 is 1.04 bits per heavy atom. The van der Waals surface area contributed by atoms with Crippen molar-refractivity contribution in [2.45, 2.75) is 19.6 Å². The molecule has 144 valence electrons. The van der Waals surface area contributed by atoms with Crippen LogP contribution in [0.15, 0.2) is 72.8 Å². The number of carbonyl (C=O) groups excluding carboxylic acids is 1. The summed E-state index contributed by atoms with van der Waals surface area (Å²) in [6.07, 6.45) is 0. The maximum atomic E-state index is 12.9. The second-order valence-electron chi connectivity index (χ2n) is 6.38. The third kappa shape index (κ3) is 5.05. The quantitative estimate of drug-likeness (QED) is 0.581. The van der Waals surface area contributed by atoms with Crippen molar-refractivity contribution in [3.05, 3.63) is 94.5 Å². The Labute approximate surface area is 170 Å². The van der Waals surface area contributed by atoms with Gasteiger partial charge in [0.15, 0.2) is 0 Å². The smallest absolute Gasteiger partial charge is 0.255 e. The predicted octanol–water partition coefficient (Wildman–Crippen LogP) is 5.42. The standard InChI is InChI=1S/C23H22ClNO3/c1-16(18-8-11-20(27-2)12-9-18)25-23(26)21-14-19(24)10-13-22(21)28-15-17-6-4-3-5-7-17/h3-14,16H,15H2,1-2H3,(H,25,26). The van der Waals surface area contributed by atoms with Gasteiger partial charge in [-0.15, -0.1) is 0 Å². The number of nitrogens with one attached hydrogen (secondary N) is 1. The third-order valence-electron chi connectivity index (χ3n) is 4.39. The largest absolute Gasteiger partial charge is 0.497 e. The molecule has 1 unspecified atom stereocenters. The SMILES string of the molecule is COc1ccc(C(C)NC(=O)c2cc(Cl)ccc2OCc2ccccc2)cc1. The van der Waals surface area contributed by atoms with Gasteiger partial charge >= 0.3 is 0 Å². The third-order valence-corrected chi connectivity index (χ3v) is 4.62. The van der Waals surface area contributed by atoms with E-state index in [1.807, 2.05) is 61.5 Å². The molecule has 28 heavy (non-hydrogen) atoms. The summed E-state index contributed by atoms with van der Waals surface area (Å²) in [7, 11) is 1.62. The lowest BCUT2D eigenvalue weighted by Crippen LogP contribution is -2.27. The van der Waals surface area contributed by atoms with Crippen LogP contribution < -0.4 is 14.8 Å². The monoisotopic (exact) mass is 395 g/mol. The molecule has 0 aliphatic heterocycles. The van der Waals surface area contributed by atoms with Gasteiger partial charge in [-0.2, -0.15) is 0 Å². The maximum Gasteiger partial charge on any atom is 0.255 e. The van der Waals surface area contributed by atoms with Crippen LogP contribution in [0.4, 0.5) is 0 Å². The zero-order valence-corrected chi connectivity index (χ0v) is 16.6. The highest BCUT2D eigenvalue weighted by molar-refractivity contribution is 6.31. The number of methoxy groups -OCH3 is 1. The van der Waals surface area contributed by atoms with Crippen molar-refractivity contribution in [2.24, 2.45) is 0 Å². The van der Waals surface area contributed by atoms with Crippen LogP contribution in [-0.4, -0.2) is 13.0 Å². The van der Waals surface area contributed by atoms with Gasteiger partial charge in [0.25, 0.3) is 5.91 Å². The van der Waals surface area contributed by atoms with Gasteiger partial charge in [0.05, 0.1) is 18.7 Å². The lowest BCUT2D eigenvalue weighted by molar-refractivity contribution is 0.0935. The Morgan fingerprint density at radius 2 is 1.75 bits per heavy atom. The molecule has 0 aliphatic rings. The molecule has 0 saturated heterocycles. The Bertz CT molecular complexity index is 926. The number of halogens is 1. The average molecular weight is 396 g/mol. The van der Waals surface area contributed by atoms with E-state index in [0.717, 1.165) is 16.9 Å². The Morgan fingerprint density at radius 3 is 2.43 bits per heavy atom. The number of amides is 1. The normalized spacial score (nSPS) is 11.5. The second-order valence-corrected chi connectivity index (χ2v) is 6.82. The number of hydrogen-bond acceptors (Lipinski definition) is 3. The first-order chi connectivity index (χ1) is 13.6. The first-order valence-electron chi connectivity index (χ1n) is 8.98.